The van der Waals surface area contributed by atoms with Crippen LogP contribution in [0, 0.1) is 0 Å². The number of ketones is 1. The molecule has 1 heterocycles. The standard InChI is InChI=1S/C11H9Cl2NO3/c1-11(9(16)8(15)10(14)17-11)7-5(12)3-2-4-6(7)13/h2-4,15H,14H2,1H3. The van der Waals surface area contributed by atoms with Crippen LogP contribution in [0.2, 0.25) is 10.0 Å². The molecule has 17 heavy (non-hydrogen) atoms. The van der Waals surface area contributed by atoms with Crippen LogP contribution in [0.5, 0.6) is 0 Å². The average Bonchev–Trinajstić information content (AvgIpc) is 2.43. The van der Waals surface area contributed by atoms with Gasteiger partial charge in [-0.15, -0.1) is 0 Å². The molecule has 1 unspecified atom stereocenters. The van der Waals surface area contributed by atoms with E-state index in [1.807, 2.05) is 0 Å². The Morgan fingerprint density at radius 1 is 1.35 bits per heavy atom. The van der Waals surface area contributed by atoms with Crippen LogP contribution in [0.4, 0.5) is 0 Å². The average molecular weight is 274 g/mol. The second-order valence-electron chi connectivity index (χ2n) is 3.77. The van der Waals surface area contributed by atoms with Crippen LogP contribution in [0.25, 0.3) is 0 Å². The van der Waals surface area contributed by atoms with Crippen molar-refractivity contribution in [2.75, 3.05) is 0 Å². The fourth-order valence-corrected chi connectivity index (χ4v) is 2.53. The number of aliphatic hydroxyl groups excluding tert-OH is 1. The number of aliphatic hydroxyl groups is 1. The number of benzene rings is 1. The number of carbonyl (C=O) groups excluding carboxylic acids is 1. The van der Waals surface area contributed by atoms with Crippen molar-refractivity contribution in [2.45, 2.75) is 12.5 Å². The van der Waals surface area contributed by atoms with Crippen molar-refractivity contribution in [2.24, 2.45) is 5.73 Å². The van der Waals surface area contributed by atoms with Gasteiger partial charge in [-0.1, -0.05) is 29.3 Å². The van der Waals surface area contributed by atoms with E-state index in [2.05, 4.69) is 0 Å². The van der Waals surface area contributed by atoms with Gasteiger partial charge in [0.15, 0.2) is 0 Å². The summed E-state index contributed by atoms with van der Waals surface area (Å²) in [6.07, 6.45) is 0. The summed E-state index contributed by atoms with van der Waals surface area (Å²) in [5.74, 6) is -1.60. The fourth-order valence-electron chi connectivity index (χ4n) is 1.77. The van der Waals surface area contributed by atoms with Gasteiger partial charge in [0.25, 0.3) is 5.78 Å². The summed E-state index contributed by atoms with van der Waals surface area (Å²) in [4.78, 5) is 11.9. The molecule has 2 rings (SSSR count). The van der Waals surface area contributed by atoms with E-state index in [0.717, 1.165) is 0 Å². The second kappa shape index (κ2) is 3.82. The van der Waals surface area contributed by atoms with E-state index in [1.165, 1.54) is 6.92 Å². The molecule has 0 fully saturated rings. The number of Topliss-reactive ketones (excluding diaryl/α,β-unsaturated/α-hetero) is 1. The first-order chi connectivity index (χ1) is 7.88. The minimum absolute atomic E-state index is 0.274. The van der Waals surface area contributed by atoms with Crippen molar-refractivity contribution in [3.8, 4) is 0 Å². The Hall–Kier alpha value is -1.39. The number of carbonyl (C=O) groups is 1. The molecular formula is C11H9Cl2NO3. The van der Waals surface area contributed by atoms with E-state index in [-0.39, 0.29) is 15.9 Å². The van der Waals surface area contributed by atoms with Crippen LogP contribution in [-0.2, 0) is 15.1 Å². The molecule has 6 heteroatoms. The molecule has 1 aromatic carbocycles. The first-order valence-electron chi connectivity index (χ1n) is 4.75. The summed E-state index contributed by atoms with van der Waals surface area (Å²) < 4.78 is 5.21. The Balaban J connectivity index is 2.60. The predicted octanol–water partition coefficient (Wildman–Crippen LogP) is 2.49. The molecule has 4 nitrogen and oxygen atoms in total. The van der Waals surface area contributed by atoms with Crippen LogP contribution < -0.4 is 5.73 Å². The highest BCUT2D eigenvalue weighted by molar-refractivity contribution is 6.36. The lowest BCUT2D eigenvalue weighted by Gasteiger charge is -2.24. The summed E-state index contributed by atoms with van der Waals surface area (Å²) in [7, 11) is 0. The maximum absolute atomic E-state index is 11.9. The SMILES string of the molecule is CC1(c2c(Cl)cccc2Cl)OC(N)=C(O)C1=O. The first kappa shape index (κ1) is 12.1. The first-order valence-corrected chi connectivity index (χ1v) is 5.50. The molecule has 0 saturated heterocycles. The Kier molecular flexibility index (Phi) is 2.72. The van der Waals surface area contributed by atoms with Gasteiger partial charge in [0.2, 0.25) is 17.2 Å². The number of halogens is 2. The summed E-state index contributed by atoms with van der Waals surface area (Å²) in [6.45, 7) is 1.46. The lowest BCUT2D eigenvalue weighted by Crippen LogP contribution is -2.32. The highest BCUT2D eigenvalue weighted by Gasteiger charge is 2.49. The monoisotopic (exact) mass is 273 g/mol. The van der Waals surface area contributed by atoms with E-state index >= 15 is 0 Å². The molecular weight excluding hydrogens is 265 g/mol. The van der Waals surface area contributed by atoms with E-state index in [1.54, 1.807) is 18.2 Å². The molecule has 90 valence electrons. The summed E-state index contributed by atoms with van der Waals surface area (Å²) in [5.41, 5.74) is 4.19. The topological polar surface area (TPSA) is 72.6 Å². The van der Waals surface area contributed by atoms with E-state index in [9.17, 15) is 9.90 Å². The molecule has 0 bridgehead atoms. The third-order valence-electron chi connectivity index (χ3n) is 2.64. The lowest BCUT2D eigenvalue weighted by atomic mass is 9.91. The zero-order valence-corrected chi connectivity index (χ0v) is 10.3. The largest absolute Gasteiger partial charge is 0.501 e. The zero-order chi connectivity index (χ0) is 12.8. The normalized spacial score (nSPS) is 24.1. The minimum atomic E-state index is -1.48. The Labute approximate surface area is 108 Å². The van der Waals surface area contributed by atoms with Gasteiger partial charge >= 0.3 is 0 Å². The molecule has 0 radical (unpaired) electrons. The molecule has 1 aliphatic heterocycles. The Morgan fingerprint density at radius 2 is 1.88 bits per heavy atom. The van der Waals surface area contributed by atoms with Gasteiger partial charge in [-0.05, 0) is 19.1 Å². The quantitative estimate of drug-likeness (QED) is 0.825. The van der Waals surface area contributed by atoms with Crippen molar-refractivity contribution in [1.29, 1.82) is 0 Å². The van der Waals surface area contributed by atoms with Crippen molar-refractivity contribution < 1.29 is 14.6 Å². The summed E-state index contributed by atoms with van der Waals surface area (Å²) in [5, 5.41) is 9.99. The summed E-state index contributed by atoms with van der Waals surface area (Å²) in [6, 6.07) is 4.81. The van der Waals surface area contributed by atoms with Crippen LogP contribution in [0.1, 0.15) is 12.5 Å². The number of hydrogen-bond acceptors (Lipinski definition) is 4. The smallest absolute Gasteiger partial charge is 0.250 e. The maximum atomic E-state index is 11.9. The van der Waals surface area contributed by atoms with E-state index < -0.39 is 17.1 Å². The van der Waals surface area contributed by atoms with Gasteiger partial charge in [0.05, 0.1) is 0 Å². The fraction of sp³-hybridized carbons (Fsp3) is 0.182. The molecule has 1 atom stereocenters. The maximum Gasteiger partial charge on any atom is 0.250 e. The van der Waals surface area contributed by atoms with Crippen LogP contribution >= 0.6 is 23.2 Å². The number of ether oxygens (including phenoxy) is 1. The molecule has 0 saturated carbocycles. The van der Waals surface area contributed by atoms with Crippen molar-refractivity contribution >= 4 is 29.0 Å². The third kappa shape index (κ3) is 1.64. The molecule has 0 aliphatic carbocycles. The van der Waals surface area contributed by atoms with Gasteiger partial charge in [0, 0.05) is 15.6 Å². The van der Waals surface area contributed by atoms with Crippen LogP contribution in [0.3, 0.4) is 0 Å². The lowest BCUT2D eigenvalue weighted by molar-refractivity contribution is -0.131. The van der Waals surface area contributed by atoms with Gasteiger partial charge in [-0.25, -0.2) is 0 Å². The Bertz CT molecular complexity index is 521. The molecule has 1 aliphatic rings. The van der Waals surface area contributed by atoms with Crippen molar-refractivity contribution in [3.63, 3.8) is 0 Å². The number of nitrogens with two attached hydrogens (primary N) is 1. The highest BCUT2D eigenvalue weighted by Crippen LogP contribution is 2.42. The van der Waals surface area contributed by atoms with E-state index in [0.29, 0.717) is 5.56 Å². The van der Waals surface area contributed by atoms with Crippen molar-refractivity contribution in [1.82, 2.24) is 0 Å². The molecule has 0 spiro atoms. The molecule has 0 amide bonds. The second-order valence-corrected chi connectivity index (χ2v) is 4.59. The van der Waals surface area contributed by atoms with Gasteiger partial charge in [0.1, 0.15) is 0 Å². The molecule has 1 aromatic rings. The number of hydrogen-bond donors (Lipinski definition) is 2. The van der Waals surface area contributed by atoms with Crippen molar-refractivity contribution in [3.05, 3.63) is 45.5 Å². The van der Waals surface area contributed by atoms with Crippen LogP contribution in [0.15, 0.2) is 29.8 Å². The minimum Gasteiger partial charge on any atom is -0.501 e. The van der Waals surface area contributed by atoms with Gasteiger partial charge in [-0.2, -0.15) is 0 Å². The zero-order valence-electron chi connectivity index (χ0n) is 8.83. The Morgan fingerprint density at radius 3 is 2.29 bits per heavy atom. The molecule has 0 aromatic heterocycles. The van der Waals surface area contributed by atoms with Crippen LogP contribution in [-0.4, -0.2) is 10.9 Å². The van der Waals surface area contributed by atoms with E-state index in [4.69, 9.17) is 33.7 Å². The van der Waals surface area contributed by atoms with Gasteiger partial charge in [-0.3, -0.25) is 4.79 Å². The predicted molar refractivity (Wildman–Crippen MR) is 63.7 cm³/mol. The molecule has 3 N–H and O–H groups in total. The summed E-state index contributed by atoms with van der Waals surface area (Å²) >= 11 is 12.0. The van der Waals surface area contributed by atoms with Gasteiger partial charge < -0.3 is 15.6 Å². The number of rotatable bonds is 1. The third-order valence-corrected chi connectivity index (χ3v) is 3.27. The highest BCUT2D eigenvalue weighted by atomic mass is 35.5.